The molecular weight excluding hydrogens is 795 g/mol. The fourth-order valence-electron chi connectivity index (χ4n) is 13.0. The minimum absolute atomic E-state index is 0.00470. The van der Waals surface area contributed by atoms with E-state index in [4.69, 9.17) is 0 Å². The normalized spacial score (nSPS) is 17.0. The summed E-state index contributed by atoms with van der Waals surface area (Å²) in [6.07, 6.45) is 0. The highest BCUT2D eigenvalue weighted by molar-refractivity contribution is 5.97. The molecule has 0 bridgehead atoms. The summed E-state index contributed by atoms with van der Waals surface area (Å²) >= 11 is 0. The summed E-state index contributed by atoms with van der Waals surface area (Å²) in [4.78, 5) is 2.51. The van der Waals surface area contributed by atoms with Gasteiger partial charge in [0.1, 0.15) is 0 Å². The van der Waals surface area contributed by atoms with E-state index in [1.165, 1.54) is 106 Å². The molecule has 0 fully saturated rings. The Balaban J connectivity index is 1.09. The molecule has 1 nitrogen and oxygen atoms in total. The Hall–Kier alpha value is -7.22. The minimum Gasteiger partial charge on any atom is -0.310 e. The SMILES string of the molecule is Cc1ccc2c(c1)C(C)(C)c1cc(C)ccc1C21c2ccccc2-c2ccc(N(c3ccccc3)c3ccc4c(c3)C3(c5ccccc5-4)c4ccccc4-c4ccc(C(C)(C)C)cc43)cc21. The molecule has 9 aromatic carbocycles. The largest absolute Gasteiger partial charge is 0.310 e. The average Bonchev–Trinajstić information content (AvgIpc) is 3.91. The quantitative estimate of drug-likeness (QED) is 0.171. The summed E-state index contributed by atoms with van der Waals surface area (Å²) in [5.74, 6) is 0. The van der Waals surface area contributed by atoms with E-state index in [1.54, 1.807) is 0 Å². The van der Waals surface area contributed by atoms with Crippen LogP contribution in [0.15, 0.2) is 194 Å². The van der Waals surface area contributed by atoms with E-state index in [1.807, 2.05) is 0 Å². The van der Waals surface area contributed by atoms with Crippen LogP contribution in [0.1, 0.15) is 107 Å². The van der Waals surface area contributed by atoms with Crippen LogP contribution in [-0.2, 0) is 21.7 Å². The van der Waals surface area contributed by atoms with Gasteiger partial charge in [-0.2, -0.15) is 0 Å². The van der Waals surface area contributed by atoms with Crippen molar-refractivity contribution >= 4 is 17.1 Å². The van der Waals surface area contributed by atoms with E-state index < -0.39 is 10.8 Å². The molecule has 0 heterocycles. The molecule has 4 aliphatic carbocycles. The summed E-state index contributed by atoms with van der Waals surface area (Å²) in [6, 6.07) is 75.0. The van der Waals surface area contributed by atoms with Crippen LogP contribution in [0.3, 0.4) is 0 Å². The number of anilines is 3. The molecule has 0 saturated carbocycles. The molecule has 2 spiro atoms. The molecule has 1 heteroatoms. The van der Waals surface area contributed by atoms with Crippen LogP contribution in [0, 0.1) is 13.8 Å². The van der Waals surface area contributed by atoms with Gasteiger partial charge >= 0.3 is 0 Å². The summed E-state index contributed by atoms with van der Waals surface area (Å²) in [7, 11) is 0. The molecule has 0 radical (unpaired) electrons. The van der Waals surface area contributed by atoms with Crippen molar-refractivity contribution in [3.63, 3.8) is 0 Å². The van der Waals surface area contributed by atoms with E-state index in [0.29, 0.717) is 0 Å². The van der Waals surface area contributed by atoms with E-state index in [2.05, 4.69) is 247 Å². The first kappa shape index (κ1) is 39.2. The molecule has 9 aromatic rings. The predicted molar refractivity (Wildman–Crippen MR) is 275 cm³/mol. The van der Waals surface area contributed by atoms with Crippen molar-refractivity contribution in [1.82, 2.24) is 0 Å². The maximum atomic E-state index is 2.54. The van der Waals surface area contributed by atoms with Crippen molar-refractivity contribution in [1.29, 1.82) is 0 Å². The van der Waals surface area contributed by atoms with Gasteiger partial charge in [-0.05, 0) is 150 Å². The van der Waals surface area contributed by atoms with Crippen LogP contribution < -0.4 is 4.90 Å². The standard InChI is InChI=1S/C65H53N/c1-40-25-33-55-60(35-40)63(6,7)61-36-41(2)26-34-56(61)65(55)54-24-16-13-21-48(54)51-32-29-45(39-59(51)65)66(43-17-9-8-10-18-43)44-28-31-50-47-20-12-15-23-53(47)64(58(50)38-44)52-22-14-11-19-46(52)49-30-27-42(37-57(49)64)62(3,4)5/h8-39H,1-7H3. The molecule has 0 amide bonds. The second-order valence-corrected chi connectivity index (χ2v) is 21.0. The third-order valence-corrected chi connectivity index (χ3v) is 16.0. The maximum Gasteiger partial charge on any atom is 0.0726 e. The van der Waals surface area contributed by atoms with Gasteiger partial charge in [0, 0.05) is 22.5 Å². The third-order valence-electron chi connectivity index (χ3n) is 16.0. The lowest BCUT2D eigenvalue weighted by atomic mass is 9.55. The Morgan fingerprint density at radius 3 is 1.18 bits per heavy atom. The van der Waals surface area contributed by atoms with Crippen LogP contribution in [0.25, 0.3) is 33.4 Å². The molecule has 0 aliphatic heterocycles. The molecule has 66 heavy (non-hydrogen) atoms. The fourth-order valence-corrected chi connectivity index (χ4v) is 13.0. The molecule has 318 valence electrons. The van der Waals surface area contributed by atoms with Crippen molar-refractivity contribution in [3.8, 4) is 33.4 Å². The minimum atomic E-state index is -0.502. The van der Waals surface area contributed by atoms with Gasteiger partial charge in [0.25, 0.3) is 0 Å². The summed E-state index contributed by atoms with van der Waals surface area (Å²) < 4.78 is 0. The smallest absolute Gasteiger partial charge is 0.0726 e. The van der Waals surface area contributed by atoms with Crippen LogP contribution >= 0.6 is 0 Å². The van der Waals surface area contributed by atoms with Gasteiger partial charge in [-0.15, -0.1) is 0 Å². The van der Waals surface area contributed by atoms with Gasteiger partial charge in [-0.1, -0.05) is 203 Å². The molecule has 4 aliphatic rings. The van der Waals surface area contributed by atoms with Gasteiger partial charge in [-0.3, -0.25) is 0 Å². The molecular formula is C65H53N. The van der Waals surface area contributed by atoms with Gasteiger partial charge in [-0.25, -0.2) is 0 Å². The first-order chi connectivity index (χ1) is 31.9. The number of aryl methyl sites for hydroxylation is 2. The lowest BCUT2D eigenvalue weighted by Crippen LogP contribution is -2.41. The number of hydrogen-bond acceptors (Lipinski definition) is 1. The Morgan fingerprint density at radius 2 is 0.712 bits per heavy atom. The van der Waals surface area contributed by atoms with E-state index >= 15 is 0 Å². The Morgan fingerprint density at radius 1 is 0.318 bits per heavy atom. The zero-order chi connectivity index (χ0) is 44.9. The van der Waals surface area contributed by atoms with Crippen molar-refractivity contribution in [2.75, 3.05) is 4.90 Å². The molecule has 0 aromatic heterocycles. The summed E-state index contributed by atoms with van der Waals surface area (Å²) in [6.45, 7) is 16.3. The molecule has 13 rings (SSSR count). The highest BCUT2D eigenvalue weighted by Crippen LogP contribution is 2.65. The van der Waals surface area contributed by atoms with Crippen molar-refractivity contribution in [2.45, 2.75) is 70.1 Å². The second-order valence-electron chi connectivity index (χ2n) is 21.0. The lowest BCUT2D eigenvalue weighted by Gasteiger charge is -2.47. The second kappa shape index (κ2) is 13.4. The maximum absolute atomic E-state index is 2.54. The van der Waals surface area contributed by atoms with Gasteiger partial charge < -0.3 is 4.90 Å². The van der Waals surface area contributed by atoms with Gasteiger partial charge in [0.05, 0.1) is 10.8 Å². The number of fused-ring (bicyclic) bond motifs is 19. The Labute approximate surface area is 390 Å². The molecule has 1 atom stereocenters. The third kappa shape index (κ3) is 4.96. The molecule has 1 unspecified atom stereocenters. The topological polar surface area (TPSA) is 3.24 Å². The first-order valence-corrected chi connectivity index (χ1v) is 23.8. The van der Waals surface area contributed by atoms with Crippen molar-refractivity contribution in [3.05, 3.63) is 266 Å². The van der Waals surface area contributed by atoms with Crippen LogP contribution in [-0.4, -0.2) is 0 Å². The number of para-hydroxylation sites is 1. The van der Waals surface area contributed by atoms with Gasteiger partial charge in [0.2, 0.25) is 0 Å². The predicted octanol–water partition coefficient (Wildman–Crippen LogP) is 16.4. The fraction of sp³-hybridized carbons (Fsp3) is 0.169. The molecule has 0 saturated heterocycles. The number of benzene rings is 9. The van der Waals surface area contributed by atoms with Crippen molar-refractivity contribution in [2.24, 2.45) is 0 Å². The van der Waals surface area contributed by atoms with E-state index in [-0.39, 0.29) is 10.8 Å². The highest BCUT2D eigenvalue weighted by atomic mass is 15.1. The first-order valence-electron chi connectivity index (χ1n) is 23.8. The van der Waals surface area contributed by atoms with Crippen LogP contribution in [0.4, 0.5) is 17.1 Å². The Bertz CT molecular complexity index is 3450. The van der Waals surface area contributed by atoms with Crippen molar-refractivity contribution < 1.29 is 0 Å². The van der Waals surface area contributed by atoms with Crippen LogP contribution in [0.2, 0.25) is 0 Å². The summed E-state index contributed by atoms with van der Waals surface area (Å²) in [5, 5.41) is 0. The van der Waals surface area contributed by atoms with E-state index in [9.17, 15) is 0 Å². The monoisotopic (exact) mass is 847 g/mol. The van der Waals surface area contributed by atoms with Gasteiger partial charge in [0.15, 0.2) is 0 Å². The lowest BCUT2D eigenvalue weighted by molar-refractivity contribution is 0.562. The average molecular weight is 848 g/mol. The zero-order valence-electron chi connectivity index (χ0n) is 38.9. The number of hydrogen-bond donors (Lipinski definition) is 0. The van der Waals surface area contributed by atoms with E-state index in [0.717, 1.165) is 17.1 Å². The number of nitrogens with zero attached hydrogens (tertiary/aromatic N) is 1. The highest BCUT2D eigenvalue weighted by Gasteiger charge is 2.55. The van der Waals surface area contributed by atoms with Crippen LogP contribution in [0.5, 0.6) is 0 Å². The summed E-state index contributed by atoms with van der Waals surface area (Å²) in [5.41, 5.74) is 27.8. The zero-order valence-corrected chi connectivity index (χ0v) is 38.9. The molecule has 0 N–H and O–H groups in total. The Kier molecular flexibility index (Phi) is 7.97. The number of rotatable bonds is 3.